The molecule has 0 aromatic rings. The molecule has 4 heteroatoms. The minimum absolute atomic E-state index is 0.297. The van der Waals surface area contributed by atoms with Crippen LogP contribution in [0.2, 0.25) is 0 Å². The molecule has 2 atom stereocenters. The maximum atomic E-state index is 10.6. The van der Waals surface area contributed by atoms with Crippen molar-refractivity contribution in [3.05, 3.63) is 12.2 Å². The lowest BCUT2D eigenvalue weighted by Gasteiger charge is -2.15. The van der Waals surface area contributed by atoms with Crippen LogP contribution >= 0.6 is 21.6 Å². The third-order valence-electron chi connectivity index (χ3n) is 2.89. The molecule has 17 heavy (non-hydrogen) atoms. The fourth-order valence-corrected chi connectivity index (χ4v) is 4.96. The predicted octanol–water partition coefficient (Wildman–Crippen LogP) is 4.37. The Hall–Kier alpha value is -0.0900. The normalized spacial score (nSPS) is 22.1. The highest BCUT2D eigenvalue weighted by molar-refractivity contribution is 8.77. The van der Waals surface area contributed by atoms with Gasteiger partial charge < -0.3 is 5.11 Å². The second-order valence-corrected chi connectivity index (χ2v) is 7.26. The van der Waals surface area contributed by atoms with E-state index in [1.165, 1.54) is 12.2 Å². The van der Waals surface area contributed by atoms with Crippen LogP contribution < -0.4 is 0 Å². The van der Waals surface area contributed by atoms with Gasteiger partial charge in [0, 0.05) is 17.4 Å². The standard InChI is InChI=1S/C13H22O2S2/c1-2-3-4-5-11(6-7-13(14)15)10-12-8-9-16-17-12/h4-5,11-12H,2-3,6-10H2,1H3,(H,14,15). The van der Waals surface area contributed by atoms with Gasteiger partial charge in [-0.1, -0.05) is 47.1 Å². The lowest BCUT2D eigenvalue weighted by Crippen LogP contribution is -2.09. The molecule has 1 heterocycles. The lowest BCUT2D eigenvalue weighted by molar-refractivity contribution is -0.137. The Bertz CT molecular complexity index is 248. The third-order valence-corrected chi connectivity index (χ3v) is 5.85. The van der Waals surface area contributed by atoms with Crippen molar-refractivity contribution >= 4 is 27.6 Å². The quantitative estimate of drug-likeness (QED) is 0.527. The molecule has 2 unspecified atom stereocenters. The van der Waals surface area contributed by atoms with E-state index in [2.05, 4.69) is 19.1 Å². The van der Waals surface area contributed by atoms with E-state index in [1.807, 2.05) is 21.6 Å². The van der Waals surface area contributed by atoms with Gasteiger partial charge >= 0.3 is 5.97 Å². The van der Waals surface area contributed by atoms with Crippen LogP contribution in [-0.2, 0) is 4.79 Å². The first kappa shape index (κ1) is 15.0. The molecule has 98 valence electrons. The molecule has 1 aliphatic rings. The highest BCUT2D eigenvalue weighted by Gasteiger charge is 2.20. The summed E-state index contributed by atoms with van der Waals surface area (Å²) in [5, 5.41) is 9.49. The highest BCUT2D eigenvalue weighted by Crippen LogP contribution is 2.41. The molecule has 0 saturated carbocycles. The molecule has 0 bridgehead atoms. The van der Waals surface area contributed by atoms with Crippen LogP contribution in [0.1, 0.15) is 45.4 Å². The highest BCUT2D eigenvalue weighted by atomic mass is 33.1. The van der Waals surface area contributed by atoms with E-state index in [-0.39, 0.29) is 0 Å². The first-order chi connectivity index (χ1) is 8.22. The van der Waals surface area contributed by atoms with Crippen molar-refractivity contribution in [3.63, 3.8) is 0 Å². The van der Waals surface area contributed by atoms with Gasteiger partial charge in [-0.3, -0.25) is 4.79 Å². The monoisotopic (exact) mass is 274 g/mol. The van der Waals surface area contributed by atoms with Crippen molar-refractivity contribution in [1.29, 1.82) is 0 Å². The summed E-state index contributed by atoms with van der Waals surface area (Å²) in [7, 11) is 3.93. The number of carboxylic acids is 1. The van der Waals surface area contributed by atoms with Gasteiger partial charge in [-0.2, -0.15) is 0 Å². The van der Waals surface area contributed by atoms with Crippen molar-refractivity contribution < 1.29 is 9.90 Å². The summed E-state index contributed by atoms with van der Waals surface area (Å²) in [5.41, 5.74) is 0. The van der Waals surface area contributed by atoms with E-state index in [9.17, 15) is 4.79 Å². The lowest BCUT2D eigenvalue weighted by atomic mass is 9.95. The number of aliphatic carboxylic acids is 1. The van der Waals surface area contributed by atoms with Crippen LogP contribution in [0.15, 0.2) is 12.2 Å². The van der Waals surface area contributed by atoms with E-state index in [0.29, 0.717) is 12.3 Å². The molecule has 0 spiro atoms. The molecule has 1 aliphatic heterocycles. The largest absolute Gasteiger partial charge is 0.481 e. The van der Waals surface area contributed by atoms with E-state index in [1.54, 1.807) is 0 Å². The van der Waals surface area contributed by atoms with Gasteiger partial charge in [0.15, 0.2) is 0 Å². The number of hydrogen-bond donors (Lipinski definition) is 1. The van der Waals surface area contributed by atoms with Crippen LogP contribution in [0, 0.1) is 5.92 Å². The number of allylic oxidation sites excluding steroid dienone is 2. The summed E-state index contributed by atoms with van der Waals surface area (Å²) < 4.78 is 0. The third kappa shape index (κ3) is 7.04. The van der Waals surface area contributed by atoms with Gasteiger partial charge in [-0.15, -0.1) is 0 Å². The van der Waals surface area contributed by atoms with Crippen molar-refractivity contribution in [2.45, 2.75) is 50.7 Å². The minimum Gasteiger partial charge on any atom is -0.481 e. The summed E-state index contributed by atoms with van der Waals surface area (Å²) in [6, 6.07) is 0. The Kier molecular flexibility index (Phi) is 7.86. The molecule has 0 aromatic carbocycles. The Morgan fingerprint density at radius 2 is 2.41 bits per heavy atom. The predicted molar refractivity (Wildman–Crippen MR) is 77.5 cm³/mol. The van der Waals surface area contributed by atoms with Gasteiger partial charge in [-0.05, 0) is 31.6 Å². The molecule has 2 nitrogen and oxygen atoms in total. The molecule has 1 fully saturated rings. The molecule has 1 rings (SSSR count). The van der Waals surface area contributed by atoms with E-state index < -0.39 is 5.97 Å². The van der Waals surface area contributed by atoms with Crippen LogP contribution in [0.25, 0.3) is 0 Å². The van der Waals surface area contributed by atoms with Gasteiger partial charge in [0.2, 0.25) is 0 Å². The number of carbonyl (C=O) groups is 1. The first-order valence-electron chi connectivity index (χ1n) is 6.39. The Morgan fingerprint density at radius 3 is 3.00 bits per heavy atom. The Morgan fingerprint density at radius 1 is 1.59 bits per heavy atom. The number of carboxylic acid groups (broad SMARTS) is 1. The Labute approximate surface area is 112 Å². The van der Waals surface area contributed by atoms with Gasteiger partial charge in [0.25, 0.3) is 0 Å². The van der Waals surface area contributed by atoms with Crippen LogP contribution in [-0.4, -0.2) is 22.1 Å². The summed E-state index contributed by atoms with van der Waals surface area (Å²) in [5.74, 6) is 1.03. The van der Waals surface area contributed by atoms with Crippen molar-refractivity contribution in [2.24, 2.45) is 5.92 Å². The molecule has 0 aromatic heterocycles. The van der Waals surface area contributed by atoms with Gasteiger partial charge in [-0.25, -0.2) is 0 Å². The number of unbranched alkanes of at least 4 members (excludes halogenated alkanes) is 1. The smallest absolute Gasteiger partial charge is 0.303 e. The summed E-state index contributed by atoms with van der Waals surface area (Å²) in [6.45, 7) is 2.17. The number of hydrogen-bond acceptors (Lipinski definition) is 3. The maximum Gasteiger partial charge on any atom is 0.303 e. The molecule has 0 amide bonds. The minimum atomic E-state index is -0.674. The van der Waals surface area contributed by atoms with Gasteiger partial charge in [0.05, 0.1) is 0 Å². The molecule has 0 aliphatic carbocycles. The fourth-order valence-electron chi connectivity index (χ4n) is 1.92. The molecular formula is C13H22O2S2. The molecule has 1 saturated heterocycles. The van der Waals surface area contributed by atoms with E-state index >= 15 is 0 Å². The van der Waals surface area contributed by atoms with Crippen molar-refractivity contribution in [1.82, 2.24) is 0 Å². The zero-order chi connectivity index (χ0) is 12.5. The van der Waals surface area contributed by atoms with Crippen LogP contribution in [0.3, 0.4) is 0 Å². The van der Waals surface area contributed by atoms with E-state index in [0.717, 1.165) is 30.9 Å². The molecule has 1 N–H and O–H groups in total. The molecule has 0 radical (unpaired) electrons. The zero-order valence-corrected chi connectivity index (χ0v) is 12.1. The van der Waals surface area contributed by atoms with Crippen molar-refractivity contribution in [2.75, 3.05) is 5.75 Å². The average Bonchev–Trinajstić information content (AvgIpc) is 2.78. The van der Waals surface area contributed by atoms with Crippen LogP contribution in [0.5, 0.6) is 0 Å². The summed E-state index contributed by atoms with van der Waals surface area (Å²) in [6.07, 6.45) is 10.2. The fraction of sp³-hybridized carbons (Fsp3) is 0.769. The second-order valence-electron chi connectivity index (χ2n) is 4.47. The second kappa shape index (κ2) is 8.92. The SMILES string of the molecule is CCCC=CC(CCC(=O)O)CC1CCSS1. The first-order valence-corrected chi connectivity index (χ1v) is 8.77. The average molecular weight is 274 g/mol. The molecular weight excluding hydrogens is 252 g/mol. The van der Waals surface area contributed by atoms with Crippen LogP contribution in [0.4, 0.5) is 0 Å². The summed E-state index contributed by atoms with van der Waals surface area (Å²) in [4.78, 5) is 10.6. The topological polar surface area (TPSA) is 37.3 Å². The Balaban J connectivity index is 2.36. The maximum absolute atomic E-state index is 10.6. The van der Waals surface area contributed by atoms with Gasteiger partial charge in [0.1, 0.15) is 0 Å². The van der Waals surface area contributed by atoms with E-state index in [4.69, 9.17) is 5.11 Å². The zero-order valence-electron chi connectivity index (χ0n) is 10.4. The van der Waals surface area contributed by atoms with Crippen molar-refractivity contribution in [3.8, 4) is 0 Å². The summed E-state index contributed by atoms with van der Waals surface area (Å²) >= 11 is 0. The number of rotatable bonds is 8.